The SMILES string of the molecule is c1ccc2c(c1)Oc1cc(C3c4ccccc4-c4c3ccc3c4c4ccccc4n3-c3cc4c5c(c3)Oc3cc(-n6c7ccccc7c7ccccc76)cc6c3B5c3c(cccc3O4)O6)cc3c1N2c1ccccc1O3. The molecule has 19 rings (SSSR count). The van der Waals surface area contributed by atoms with Crippen LogP contribution in [0.4, 0.5) is 17.1 Å². The van der Waals surface area contributed by atoms with Gasteiger partial charge < -0.3 is 32.8 Å². The predicted octanol–water partition coefficient (Wildman–Crippen LogP) is 15.6. The van der Waals surface area contributed by atoms with Crippen molar-refractivity contribution in [1.82, 2.24) is 9.13 Å². The van der Waals surface area contributed by atoms with E-state index in [1.807, 2.05) is 30.3 Å². The number of para-hydroxylation sites is 7. The average molecular weight is 974 g/mol. The molecular weight excluding hydrogens is 938 g/mol. The molecule has 8 nitrogen and oxygen atoms in total. The van der Waals surface area contributed by atoms with Crippen LogP contribution in [0.5, 0.6) is 57.5 Å². The highest BCUT2D eigenvalue weighted by atomic mass is 16.5. The number of hydrogen-bond donors (Lipinski definition) is 0. The molecule has 0 radical (unpaired) electrons. The fourth-order valence-corrected chi connectivity index (χ4v) is 13.9. The van der Waals surface area contributed by atoms with E-state index in [2.05, 4.69) is 196 Å². The Kier molecular flexibility index (Phi) is 7.22. The van der Waals surface area contributed by atoms with Crippen LogP contribution in [0, 0.1) is 0 Å². The topological polar surface area (TPSA) is 59.2 Å². The highest BCUT2D eigenvalue weighted by molar-refractivity contribution is 6.99. The molecular formula is C67H36BN3O5. The van der Waals surface area contributed by atoms with Crippen molar-refractivity contribution >= 4 is 83.8 Å². The van der Waals surface area contributed by atoms with Crippen LogP contribution in [-0.4, -0.2) is 15.8 Å². The Morgan fingerprint density at radius 3 is 1.42 bits per heavy atom. The van der Waals surface area contributed by atoms with Gasteiger partial charge in [0.05, 0.1) is 44.8 Å². The van der Waals surface area contributed by atoms with Crippen molar-refractivity contribution in [3.05, 3.63) is 229 Å². The second-order valence-electron chi connectivity index (χ2n) is 20.6. The maximum absolute atomic E-state index is 7.26. The lowest BCUT2D eigenvalue weighted by Crippen LogP contribution is -2.59. The van der Waals surface area contributed by atoms with E-state index in [4.69, 9.17) is 23.7 Å². The van der Waals surface area contributed by atoms with Gasteiger partial charge in [0.15, 0.2) is 23.0 Å². The van der Waals surface area contributed by atoms with Gasteiger partial charge in [-0.3, -0.25) is 4.90 Å². The van der Waals surface area contributed by atoms with E-state index in [-0.39, 0.29) is 12.6 Å². The Labute approximate surface area is 434 Å². The first kappa shape index (κ1) is 39.4. The van der Waals surface area contributed by atoms with Gasteiger partial charge in [0.1, 0.15) is 40.2 Å². The summed E-state index contributed by atoms with van der Waals surface area (Å²) in [6.45, 7) is -0.143. The lowest BCUT2D eigenvalue weighted by atomic mass is 9.34. The first-order valence-electron chi connectivity index (χ1n) is 25.9. The van der Waals surface area contributed by atoms with Gasteiger partial charge in [0.25, 0.3) is 6.71 Å². The van der Waals surface area contributed by atoms with Gasteiger partial charge >= 0.3 is 0 Å². The normalized spacial score (nSPS) is 14.9. The largest absolute Gasteiger partial charge is 0.458 e. The van der Waals surface area contributed by atoms with Crippen molar-refractivity contribution in [2.45, 2.75) is 5.92 Å². The van der Waals surface area contributed by atoms with E-state index in [9.17, 15) is 0 Å². The zero-order valence-electron chi connectivity index (χ0n) is 40.2. The summed E-state index contributed by atoms with van der Waals surface area (Å²) in [5.41, 5.74) is 18.3. The molecule has 0 fully saturated rings. The molecule has 0 saturated heterocycles. The Balaban J connectivity index is 0.803. The zero-order valence-corrected chi connectivity index (χ0v) is 40.2. The smallest absolute Gasteiger partial charge is 0.270 e. The molecule has 1 unspecified atom stereocenters. The summed E-state index contributed by atoms with van der Waals surface area (Å²) < 4.78 is 39.5. The Bertz CT molecular complexity index is 4740. The number of anilines is 3. The van der Waals surface area contributed by atoms with Crippen LogP contribution in [0.15, 0.2) is 212 Å². The van der Waals surface area contributed by atoms with Crippen molar-refractivity contribution < 1.29 is 23.7 Å². The van der Waals surface area contributed by atoms with Crippen LogP contribution in [0.25, 0.3) is 66.1 Å². The summed E-state index contributed by atoms with van der Waals surface area (Å²) in [4.78, 5) is 2.28. The summed E-state index contributed by atoms with van der Waals surface area (Å²) in [6, 6.07) is 75.4. The number of nitrogens with zero attached hydrogens (tertiary/aromatic N) is 3. The molecule has 0 saturated carbocycles. The van der Waals surface area contributed by atoms with Gasteiger partial charge in [0, 0.05) is 68.1 Å². The number of fused-ring (bicyclic) bond motifs is 14. The average Bonchev–Trinajstić information content (AvgIpc) is 4.23. The zero-order chi connectivity index (χ0) is 49.1. The van der Waals surface area contributed by atoms with Crippen molar-refractivity contribution in [3.8, 4) is 80.0 Å². The molecule has 1 atom stereocenters. The molecule has 0 amide bonds. The minimum atomic E-state index is -0.143. The monoisotopic (exact) mass is 973 g/mol. The summed E-state index contributed by atoms with van der Waals surface area (Å²) in [5, 5.41) is 4.76. The molecule has 1 aliphatic carbocycles. The first-order chi connectivity index (χ1) is 37.7. The van der Waals surface area contributed by atoms with Crippen molar-refractivity contribution in [2.75, 3.05) is 4.90 Å². The Morgan fingerprint density at radius 2 is 0.803 bits per heavy atom. The van der Waals surface area contributed by atoms with Crippen molar-refractivity contribution in [3.63, 3.8) is 0 Å². The highest BCUT2D eigenvalue weighted by Crippen LogP contribution is 2.62. The highest BCUT2D eigenvalue weighted by Gasteiger charge is 2.47. The van der Waals surface area contributed by atoms with E-state index in [1.165, 1.54) is 43.8 Å². The van der Waals surface area contributed by atoms with Gasteiger partial charge in [-0.1, -0.05) is 115 Å². The number of aromatic nitrogens is 2. The minimum Gasteiger partial charge on any atom is -0.458 e. The number of hydrogen-bond acceptors (Lipinski definition) is 6. The van der Waals surface area contributed by atoms with Crippen LogP contribution in [0.1, 0.15) is 22.6 Å². The van der Waals surface area contributed by atoms with E-state index >= 15 is 0 Å². The van der Waals surface area contributed by atoms with Crippen LogP contribution >= 0.6 is 0 Å². The molecule has 0 bridgehead atoms. The standard InChI is InChI=1S/C67H36BN3O5/c1-2-17-42-41(16-1)61(36-30-59-67-60(31-36)73-52-25-12-10-23-49(52)71(67)48-22-9-11-24-51(48)72-59)44-28-29-50-63(62(42)44)43-18-5-8-21-47(43)70(50)38-34-56-66-58(35-38)76-57-33-37(69-45-19-6-3-14-39(45)40-15-4-7-20-46(40)69)32-55-65(57)68(66)64-53(74-55)26-13-27-54(64)75-56/h1-35,61H. The summed E-state index contributed by atoms with van der Waals surface area (Å²) in [6.07, 6.45) is 0. The summed E-state index contributed by atoms with van der Waals surface area (Å²) in [5.74, 6) is 7.75. The molecule has 0 spiro atoms. The molecule has 76 heavy (non-hydrogen) atoms. The second-order valence-corrected chi connectivity index (χ2v) is 20.6. The third-order valence-electron chi connectivity index (χ3n) is 16.8. The van der Waals surface area contributed by atoms with Gasteiger partial charge in [-0.15, -0.1) is 0 Å². The third-order valence-corrected chi connectivity index (χ3v) is 16.8. The maximum Gasteiger partial charge on any atom is 0.270 e. The van der Waals surface area contributed by atoms with Crippen molar-refractivity contribution in [2.24, 2.45) is 0 Å². The van der Waals surface area contributed by atoms with E-state index in [1.54, 1.807) is 0 Å². The molecule has 9 heteroatoms. The maximum atomic E-state index is 7.26. The molecule has 2 aromatic heterocycles. The molecule has 5 aliphatic heterocycles. The summed E-state index contributed by atoms with van der Waals surface area (Å²) >= 11 is 0. The van der Waals surface area contributed by atoms with Crippen LogP contribution in [-0.2, 0) is 0 Å². The van der Waals surface area contributed by atoms with Gasteiger partial charge in [-0.25, -0.2) is 0 Å². The van der Waals surface area contributed by atoms with Gasteiger partial charge in [-0.2, -0.15) is 0 Å². The second kappa shape index (κ2) is 13.9. The fraction of sp³-hybridized carbons (Fsp3) is 0.0149. The molecule has 11 aromatic carbocycles. The van der Waals surface area contributed by atoms with Gasteiger partial charge in [0.2, 0.25) is 0 Å². The minimum absolute atomic E-state index is 0.0916. The molecule has 6 aliphatic rings. The molecule has 0 N–H and O–H groups in total. The number of benzene rings is 11. The van der Waals surface area contributed by atoms with E-state index in [0.717, 1.165) is 130 Å². The predicted molar refractivity (Wildman–Crippen MR) is 301 cm³/mol. The van der Waals surface area contributed by atoms with E-state index < -0.39 is 0 Å². The number of rotatable bonds is 3. The fourth-order valence-electron chi connectivity index (χ4n) is 13.9. The van der Waals surface area contributed by atoms with Crippen LogP contribution in [0.3, 0.4) is 0 Å². The third kappa shape index (κ3) is 4.91. The summed E-state index contributed by atoms with van der Waals surface area (Å²) in [7, 11) is 0. The quantitative estimate of drug-likeness (QED) is 0.164. The number of ether oxygens (including phenoxy) is 5. The Morgan fingerprint density at radius 1 is 0.342 bits per heavy atom. The molecule has 352 valence electrons. The lowest BCUT2D eigenvalue weighted by Gasteiger charge is -2.38. The molecule has 13 aromatic rings. The lowest BCUT2D eigenvalue weighted by molar-refractivity contribution is 0.442. The Hall–Kier alpha value is -10.1. The van der Waals surface area contributed by atoms with E-state index in [0.29, 0.717) is 0 Å². The first-order valence-corrected chi connectivity index (χ1v) is 25.9. The van der Waals surface area contributed by atoms with Gasteiger partial charge in [-0.05, 0) is 101 Å². The van der Waals surface area contributed by atoms with Crippen LogP contribution < -0.4 is 45.0 Å². The van der Waals surface area contributed by atoms with Crippen molar-refractivity contribution in [1.29, 1.82) is 0 Å². The van der Waals surface area contributed by atoms with Crippen LogP contribution in [0.2, 0.25) is 0 Å². The molecule has 7 heterocycles.